The summed E-state index contributed by atoms with van der Waals surface area (Å²) >= 11 is 0. The molecule has 0 aromatic heterocycles. The molecule has 0 aliphatic rings. The highest BCUT2D eigenvalue weighted by Crippen LogP contribution is 2.00. The molecule has 0 amide bonds. The lowest BCUT2D eigenvalue weighted by atomic mass is 10.2. The average Bonchev–Trinajstić information content (AvgIpc) is 1.65. The van der Waals surface area contributed by atoms with Gasteiger partial charge in [0.25, 0.3) is 0 Å². The molecule has 9 heavy (non-hydrogen) atoms. The summed E-state index contributed by atoms with van der Waals surface area (Å²) in [6.07, 6.45) is -2.83. The Kier molecular flexibility index (Phi) is 8.13. The van der Waals surface area contributed by atoms with E-state index in [2.05, 4.69) is 0 Å². The minimum atomic E-state index is -2.41. The van der Waals surface area contributed by atoms with Crippen molar-refractivity contribution in [3.8, 4) is 0 Å². The van der Waals surface area contributed by atoms with Gasteiger partial charge in [0.15, 0.2) is 0 Å². The number of rotatable bonds is 3. The normalized spacial score (nSPS) is 13.0. The number of aliphatic hydroxyl groups excluding tert-OH is 1. The lowest BCUT2D eigenvalue weighted by Gasteiger charge is -2.04. The molecular weight excluding hydrogens is 151 g/mol. The molecule has 3 N–H and O–H groups in total. The number of halogens is 3. The maximum atomic E-state index is 11.3. The van der Waals surface area contributed by atoms with Gasteiger partial charge in [0.2, 0.25) is 6.43 Å². The molecule has 0 aliphatic carbocycles. The van der Waals surface area contributed by atoms with Crippen LogP contribution in [0.25, 0.3) is 0 Å². The fraction of sp³-hybridized carbons (Fsp3) is 1.00. The van der Waals surface area contributed by atoms with Gasteiger partial charge in [-0.3, -0.25) is 0 Å². The van der Waals surface area contributed by atoms with Crippen molar-refractivity contribution < 1.29 is 13.9 Å². The van der Waals surface area contributed by atoms with Crippen LogP contribution in [0.4, 0.5) is 8.78 Å². The van der Waals surface area contributed by atoms with Crippen molar-refractivity contribution in [2.24, 2.45) is 5.73 Å². The number of aliphatic hydroxyl groups is 1. The summed E-state index contributed by atoms with van der Waals surface area (Å²) in [5, 5.41) is 8.13. The number of hydrogen-bond acceptors (Lipinski definition) is 2. The molecule has 58 valence electrons. The van der Waals surface area contributed by atoms with E-state index in [1.54, 1.807) is 0 Å². The molecule has 0 heterocycles. The van der Waals surface area contributed by atoms with Crippen molar-refractivity contribution in [1.82, 2.24) is 0 Å². The van der Waals surface area contributed by atoms with Crippen molar-refractivity contribution >= 4 is 12.4 Å². The third kappa shape index (κ3) is 8.07. The standard InChI is InChI=1S/C4H9F2NO.ClH/c5-4(6)1-3(7)2-8;/h3-4,8H,1-2,7H2;1H. The topological polar surface area (TPSA) is 46.2 Å². The van der Waals surface area contributed by atoms with Gasteiger partial charge in [-0.1, -0.05) is 0 Å². The summed E-state index contributed by atoms with van der Waals surface area (Å²) in [5.41, 5.74) is 4.94. The zero-order valence-electron chi connectivity index (χ0n) is 4.76. The molecule has 0 radical (unpaired) electrons. The minimum absolute atomic E-state index is 0. The maximum absolute atomic E-state index is 11.3. The molecular formula is C4H10ClF2NO. The molecule has 0 saturated carbocycles. The van der Waals surface area contributed by atoms with E-state index in [9.17, 15) is 8.78 Å². The van der Waals surface area contributed by atoms with Crippen LogP contribution in [0.3, 0.4) is 0 Å². The molecule has 1 atom stereocenters. The third-order valence-corrected chi connectivity index (χ3v) is 0.715. The summed E-state index contributed by atoms with van der Waals surface area (Å²) in [5.74, 6) is 0. The van der Waals surface area contributed by atoms with Crippen LogP contribution in [0.1, 0.15) is 6.42 Å². The first-order valence-corrected chi connectivity index (χ1v) is 2.31. The molecule has 0 saturated heterocycles. The van der Waals surface area contributed by atoms with Crippen molar-refractivity contribution in [1.29, 1.82) is 0 Å². The molecule has 0 spiro atoms. The Morgan fingerprint density at radius 2 is 1.89 bits per heavy atom. The maximum Gasteiger partial charge on any atom is 0.240 e. The van der Waals surface area contributed by atoms with E-state index in [0.29, 0.717) is 0 Å². The summed E-state index contributed by atoms with van der Waals surface area (Å²) < 4.78 is 22.6. The number of alkyl halides is 2. The van der Waals surface area contributed by atoms with Gasteiger partial charge in [0, 0.05) is 12.5 Å². The SMILES string of the molecule is Cl.NC(CO)CC(F)F. The van der Waals surface area contributed by atoms with Gasteiger partial charge in [-0.2, -0.15) is 0 Å². The van der Waals surface area contributed by atoms with Crippen LogP contribution in [0, 0.1) is 0 Å². The second-order valence-electron chi connectivity index (χ2n) is 1.57. The van der Waals surface area contributed by atoms with Gasteiger partial charge < -0.3 is 10.8 Å². The Balaban J connectivity index is 0. The summed E-state index contributed by atoms with van der Waals surface area (Å²) in [7, 11) is 0. The second-order valence-corrected chi connectivity index (χ2v) is 1.57. The minimum Gasteiger partial charge on any atom is -0.395 e. The van der Waals surface area contributed by atoms with Crippen LogP contribution in [-0.2, 0) is 0 Å². The van der Waals surface area contributed by atoms with E-state index in [1.807, 2.05) is 0 Å². The van der Waals surface area contributed by atoms with Crippen LogP contribution in [-0.4, -0.2) is 24.2 Å². The molecule has 2 nitrogen and oxygen atoms in total. The van der Waals surface area contributed by atoms with Crippen LogP contribution < -0.4 is 5.73 Å². The lowest BCUT2D eigenvalue weighted by Crippen LogP contribution is -2.26. The number of nitrogens with two attached hydrogens (primary N) is 1. The van der Waals surface area contributed by atoms with Gasteiger partial charge in [-0.05, 0) is 0 Å². The summed E-state index contributed by atoms with van der Waals surface area (Å²) in [4.78, 5) is 0. The molecule has 0 rings (SSSR count). The highest BCUT2D eigenvalue weighted by atomic mass is 35.5. The molecule has 0 bridgehead atoms. The second kappa shape index (κ2) is 6.19. The lowest BCUT2D eigenvalue weighted by molar-refractivity contribution is 0.114. The average molecular weight is 162 g/mol. The van der Waals surface area contributed by atoms with Gasteiger partial charge >= 0.3 is 0 Å². The van der Waals surface area contributed by atoms with Crippen molar-refractivity contribution in [2.45, 2.75) is 18.9 Å². The molecule has 1 unspecified atom stereocenters. The van der Waals surface area contributed by atoms with E-state index in [1.165, 1.54) is 0 Å². The first-order chi connectivity index (χ1) is 3.66. The monoisotopic (exact) mass is 161 g/mol. The molecule has 0 aliphatic heterocycles. The van der Waals surface area contributed by atoms with E-state index in [0.717, 1.165) is 0 Å². The first-order valence-electron chi connectivity index (χ1n) is 2.31. The Morgan fingerprint density at radius 3 is 2.00 bits per heavy atom. The van der Waals surface area contributed by atoms with Crippen molar-refractivity contribution in [3.63, 3.8) is 0 Å². The van der Waals surface area contributed by atoms with Crippen molar-refractivity contribution in [2.75, 3.05) is 6.61 Å². The molecule has 0 aromatic carbocycles. The van der Waals surface area contributed by atoms with E-state index in [-0.39, 0.29) is 19.0 Å². The van der Waals surface area contributed by atoms with E-state index >= 15 is 0 Å². The van der Waals surface area contributed by atoms with Crippen molar-refractivity contribution in [3.05, 3.63) is 0 Å². The predicted molar refractivity (Wildman–Crippen MR) is 32.9 cm³/mol. The molecule has 5 heteroatoms. The van der Waals surface area contributed by atoms with Crippen LogP contribution in [0.5, 0.6) is 0 Å². The van der Waals surface area contributed by atoms with Gasteiger partial charge in [-0.15, -0.1) is 12.4 Å². The molecule has 0 aromatic rings. The fourth-order valence-corrected chi connectivity index (χ4v) is 0.303. The fourth-order valence-electron chi connectivity index (χ4n) is 0.303. The Bertz CT molecular complexity index is 64.5. The first kappa shape index (κ1) is 11.8. The van der Waals surface area contributed by atoms with Gasteiger partial charge in [-0.25, -0.2) is 8.78 Å². The summed E-state index contributed by atoms with van der Waals surface area (Å²) in [6.45, 7) is -0.371. The highest BCUT2D eigenvalue weighted by Gasteiger charge is 2.08. The Morgan fingerprint density at radius 1 is 1.44 bits per heavy atom. The zero-order valence-corrected chi connectivity index (χ0v) is 5.57. The Hall–Kier alpha value is 0.0700. The summed E-state index contributed by atoms with van der Waals surface area (Å²) in [6, 6.07) is -0.769. The van der Waals surface area contributed by atoms with Crippen LogP contribution in [0.15, 0.2) is 0 Å². The van der Waals surface area contributed by atoms with E-state index in [4.69, 9.17) is 10.8 Å². The zero-order chi connectivity index (χ0) is 6.57. The largest absolute Gasteiger partial charge is 0.395 e. The number of hydrogen-bond donors (Lipinski definition) is 2. The smallest absolute Gasteiger partial charge is 0.240 e. The molecule has 0 fully saturated rings. The van der Waals surface area contributed by atoms with Crippen LogP contribution >= 0.6 is 12.4 Å². The van der Waals surface area contributed by atoms with Crippen LogP contribution in [0.2, 0.25) is 0 Å². The van der Waals surface area contributed by atoms with Gasteiger partial charge in [0.1, 0.15) is 0 Å². The van der Waals surface area contributed by atoms with E-state index < -0.39 is 18.9 Å². The Labute approximate surface area is 58.5 Å². The highest BCUT2D eigenvalue weighted by molar-refractivity contribution is 5.85. The van der Waals surface area contributed by atoms with Gasteiger partial charge in [0.05, 0.1) is 6.61 Å². The third-order valence-electron chi connectivity index (χ3n) is 0.715. The predicted octanol–water partition coefficient (Wildman–Crippen LogP) is 0.383. The quantitative estimate of drug-likeness (QED) is 0.629.